The number of hydrogen-bond donors (Lipinski definition) is 1. The van der Waals surface area contributed by atoms with Gasteiger partial charge in [-0.15, -0.1) is 0 Å². The van der Waals surface area contributed by atoms with Crippen LogP contribution in [0.1, 0.15) is 32.1 Å². The molecule has 1 aromatic heterocycles. The Balaban J connectivity index is 1.47. The van der Waals surface area contributed by atoms with Gasteiger partial charge in [0.1, 0.15) is 6.10 Å². The van der Waals surface area contributed by atoms with Gasteiger partial charge >= 0.3 is 6.03 Å². The van der Waals surface area contributed by atoms with Crippen LogP contribution >= 0.6 is 0 Å². The number of hydrogen-bond acceptors (Lipinski definition) is 4. The van der Waals surface area contributed by atoms with Crippen molar-refractivity contribution in [2.75, 3.05) is 13.1 Å². The Morgan fingerprint density at radius 3 is 2.90 bits per heavy atom. The summed E-state index contributed by atoms with van der Waals surface area (Å²) in [6, 6.07) is 0.407. The van der Waals surface area contributed by atoms with Gasteiger partial charge in [-0.25, -0.2) is 9.78 Å². The normalized spacial score (nSPS) is 23.0. The van der Waals surface area contributed by atoms with Crippen molar-refractivity contribution in [2.45, 2.75) is 44.2 Å². The lowest BCUT2D eigenvalue weighted by Gasteiger charge is -2.20. The molecular formula is C14H20N4O2. The molecule has 1 aliphatic carbocycles. The maximum absolute atomic E-state index is 12.1. The van der Waals surface area contributed by atoms with Crippen molar-refractivity contribution in [3.05, 3.63) is 18.6 Å². The largest absolute Gasteiger partial charge is 0.471 e. The van der Waals surface area contributed by atoms with Crippen molar-refractivity contribution in [2.24, 2.45) is 0 Å². The molecule has 1 saturated carbocycles. The predicted molar refractivity (Wildman–Crippen MR) is 73.4 cm³/mol. The quantitative estimate of drug-likeness (QED) is 0.910. The first kappa shape index (κ1) is 13.1. The van der Waals surface area contributed by atoms with Gasteiger partial charge in [-0.05, 0) is 12.8 Å². The van der Waals surface area contributed by atoms with Gasteiger partial charge in [-0.3, -0.25) is 4.98 Å². The Morgan fingerprint density at radius 1 is 1.30 bits per heavy atom. The van der Waals surface area contributed by atoms with Crippen molar-refractivity contribution < 1.29 is 9.53 Å². The molecule has 108 valence electrons. The molecule has 1 saturated heterocycles. The standard InChI is InChI=1S/C14H20N4O2/c19-14(17-11-3-1-2-4-11)18-8-5-12(10-18)20-13-9-15-6-7-16-13/h6-7,9,11-12H,1-5,8,10H2,(H,17,19). The summed E-state index contributed by atoms with van der Waals surface area (Å²) < 4.78 is 5.73. The zero-order chi connectivity index (χ0) is 13.8. The molecule has 1 atom stereocenters. The number of urea groups is 1. The molecule has 0 bridgehead atoms. The minimum Gasteiger partial charge on any atom is -0.471 e. The van der Waals surface area contributed by atoms with Crippen LogP contribution < -0.4 is 10.1 Å². The summed E-state index contributed by atoms with van der Waals surface area (Å²) in [5.41, 5.74) is 0. The van der Waals surface area contributed by atoms with Crippen LogP contribution in [-0.2, 0) is 0 Å². The predicted octanol–water partition coefficient (Wildman–Crippen LogP) is 1.58. The summed E-state index contributed by atoms with van der Waals surface area (Å²) in [7, 11) is 0. The third-order valence-electron chi connectivity index (χ3n) is 3.94. The second-order valence-electron chi connectivity index (χ2n) is 5.45. The van der Waals surface area contributed by atoms with Gasteiger partial charge in [-0.2, -0.15) is 0 Å². The fourth-order valence-electron chi connectivity index (χ4n) is 2.86. The topological polar surface area (TPSA) is 67.4 Å². The van der Waals surface area contributed by atoms with Gasteiger partial charge in [0.2, 0.25) is 5.88 Å². The van der Waals surface area contributed by atoms with E-state index in [1.807, 2.05) is 4.90 Å². The van der Waals surface area contributed by atoms with Gasteiger partial charge in [0, 0.05) is 31.4 Å². The van der Waals surface area contributed by atoms with E-state index >= 15 is 0 Å². The molecule has 2 heterocycles. The van der Waals surface area contributed by atoms with E-state index in [0.29, 0.717) is 18.5 Å². The minimum absolute atomic E-state index is 0.0148. The van der Waals surface area contributed by atoms with Crippen molar-refractivity contribution in [3.63, 3.8) is 0 Å². The summed E-state index contributed by atoms with van der Waals surface area (Å²) in [5.74, 6) is 0.524. The second kappa shape index (κ2) is 6.07. The third kappa shape index (κ3) is 3.18. The maximum atomic E-state index is 12.1. The summed E-state index contributed by atoms with van der Waals surface area (Å²) in [5, 5.41) is 3.11. The molecule has 0 spiro atoms. The average Bonchev–Trinajstić information content (AvgIpc) is 3.11. The first-order chi connectivity index (χ1) is 9.81. The molecule has 1 aromatic rings. The van der Waals surface area contributed by atoms with Crippen LogP contribution in [0.15, 0.2) is 18.6 Å². The van der Waals surface area contributed by atoms with Crippen LogP contribution in [0.2, 0.25) is 0 Å². The number of carbonyl (C=O) groups is 1. The molecule has 6 heteroatoms. The monoisotopic (exact) mass is 276 g/mol. The third-order valence-corrected chi connectivity index (χ3v) is 3.94. The lowest BCUT2D eigenvalue weighted by molar-refractivity contribution is 0.180. The fourth-order valence-corrected chi connectivity index (χ4v) is 2.86. The van der Waals surface area contributed by atoms with E-state index in [-0.39, 0.29) is 12.1 Å². The van der Waals surface area contributed by atoms with E-state index in [1.54, 1.807) is 18.6 Å². The number of amides is 2. The van der Waals surface area contributed by atoms with Crippen LogP contribution in [0, 0.1) is 0 Å². The Hall–Kier alpha value is -1.85. The Morgan fingerprint density at radius 2 is 2.15 bits per heavy atom. The zero-order valence-corrected chi connectivity index (χ0v) is 11.5. The molecule has 0 aromatic carbocycles. The zero-order valence-electron chi connectivity index (χ0n) is 11.5. The number of carbonyl (C=O) groups excluding carboxylic acids is 1. The molecule has 0 radical (unpaired) electrons. The van der Waals surface area contributed by atoms with Crippen molar-refractivity contribution in [1.82, 2.24) is 20.2 Å². The highest BCUT2D eigenvalue weighted by atomic mass is 16.5. The van der Waals surface area contributed by atoms with Gasteiger partial charge < -0.3 is 15.0 Å². The van der Waals surface area contributed by atoms with Crippen molar-refractivity contribution in [3.8, 4) is 5.88 Å². The highest BCUT2D eigenvalue weighted by molar-refractivity contribution is 5.74. The van der Waals surface area contributed by atoms with Crippen LogP contribution in [0.3, 0.4) is 0 Å². The summed E-state index contributed by atoms with van der Waals surface area (Å²) >= 11 is 0. The number of nitrogens with zero attached hydrogens (tertiary/aromatic N) is 3. The Bertz CT molecular complexity index is 448. The summed E-state index contributed by atoms with van der Waals surface area (Å²) in [4.78, 5) is 22.0. The number of rotatable bonds is 3. The molecule has 2 amide bonds. The number of likely N-dealkylation sites (tertiary alicyclic amines) is 1. The van der Waals surface area contributed by atoms with Crippen molar-refractivity contribution in [1.29, 1.82) is 0 Å². The molecule has 3 rings (SSSR count). The highest BCUT2D eigenvalue weighted by Gasteiger charge is 2.29. The SMILES string of the molecule is O=C(NC1CCCC1)N1CCC(Oc2cnccn2)C1. The van der Waals surface area contributed by atoms with Crippen molar-refractivity contribution >= 4 is 6.03 Å². The number of ether oxygens (including phenoxy) is 1. The number of aromatic nitrogens is 2. The molecule has 2 aliphatic rings. The molecule has 1 unspecified atom stereocenters. The van der Waals surface area contributed by atoms with Gasteiger partial charge in [0.25, 0.3) is 0 Å². The van der Waals surface area contributed by atoms with E-state index in [9.17, 15) is 4.79 Å². The average molecular weight is 276 g/mol. The fraction of sp³-hybridized carbons (Fsp3) is 0.643. The summed E-state index contributed by atoms with van der Waals surface area (Å²) in [6.07, 6.45) is 10.3. The molecule has 2 fully saturated rings. The van der Waals surface area contributed by atoms with E-state index in [1.165, 1.54) is 12.8 Å². The second-order valence-corrected chi connectivity index (χ2v) is 5.45. The highest BCUT2D eigenvalue weighted by Crippen LogP contribution is 2.19. The van der Waals surface area contributed by atoms with Gasteiger partial charge in [-0.1, -0.05) is 12.8 Å². The molecular weight excluding hydrogens is 256 g/mol. The van der Waals surface area contributed by atoms with Gasteiger partial charge in [0.15, 0.2) is 0 Å². The van der Waals surface area contributed by atoms with E-state index in [4.69, 9.17) is 4.74 Å². The first-order valence-electron chi connectivity index (χ1n) is 7.29. The van der Waals surface area contributed by atoms with Gasteiger partial charge in [0.05, 0.1) is 12.7 Å². The Kier molecular flexibility index (Phi) is 3.99. The minimum atomic E-state index is 0.0148. The van der Waals surface area contributed by atoms with Crippen LogP contribution in [0.5, 0.6) is 5.88 Å². The lowest BCUT2D eigenvalue weighted by Crippen LogP contribution is -2.43. The molecule has 6 nitrogen and oxygen atoms in total. The van der Waals surface area contributed by atoms with E-state index in [0.717, 1.165) is 25.8 Å². The maximum Gasteiger partial charge on any atom is 0.317 e. The smallest absolute Gasteiger partial charge is 0.317 e. The Labute approximate surface area is 118 Å². The molecule has 1 N–H and O–H groups in total. The molecule has 20 heavy (non-hydrogen) atoms. The lowest BCUT2D eigenvalue weighted by atomic mass is 10.2. The van der Waals surface area contributed by atoms with E-state index in [2.05, 4.69) is 15.3 Å². The molecule has 1 aliphatic heterocycles. The van der Waals surface area contributed by atoms with Crippen LogP contribution in [-0.4, -0.2) is 46.1 Å². The first-order valence-corrected chi connectivity index (χ1v) is 7.29. The van der Waals surface area contributed by atoms with E-state index < -0.39 is 0 Å². The van der Waals surface area contributed by atoms with Crippen LogP contribution in [0.25, 0.3) is 0 Å². The summed E-state index contributed by atoms with van der Waals surface area (Å²) in [6.45, 7) is 1.36. The van der Waals surface area contributed by atoms with Crippen LogP contribution in [0.4, 0.5) is 4.79 Å². The number of nitrogens with one attached hydrogen (secondary N) is 1.